The second-order valence-electron chi connectivity index (χ2n) is 11.5. The van der Waals surface area contributed by atoms with Crippen molar-refractivity contribution in [3.05, 3.63) is 0 Å². The van der Waals surface area contributed by atoms with Crippen LogP contribution in [-0.4, -0.2) is 148 Å². The first-order valence-electron chi connectivity index (χ1n) is 16.3. The molecule has 2 aliphatic heterocycles. The van der Waals surface area contributed by atoms with Crippen molar-refractivity contribution in [2.24, 2.45) is 0 Å². The molecule has 2 saturated heterocycles. The Morgan fingerprint density at radius 3 is 1.40 bits per heavy atom. The van der Waals surface area contributed by atoms with Crippen molar-refractivity contribution in [3.63, 3.8) is 0 Å². The molecule has 0 spiro atoms. The molecular weight excluding hydrogens is 736 g/mol. The van der Waals surface area contributed by atoms with Crippen molar-refractivity contribution in [2.75, 3.05) is 38.4 Å². The maximum Gasteiger partial charge on any atom is 0.306 e. The minimum atomic E-state index is -1.80. The van der Waals surface area contributed by atoms with Crippen LogP contribution >= 0.6 is 11.8 Å². The molecule has 300 valence electrons. The quantitative estimate of drug-likeness (QED) is 0.100. The Hall–Kier alpha value is -4.05. The highest BCUT2D eigenvalue weighted by Gasteiger charge is 2.57. The second-order valence-corrected chi connectivity index (χ2v) is 12.7. The lowest BCUT2D eigenvalue weighted by atomic mass is 9.96. The van der Waals surface area contributed by atoms with E-state index in [-0.39, 0.29) is 13.0 Å². The normalized spacial score (nSPS) is 28.0. The fraction of sp³-hybridized carbons (Fsp3) is 0.750. The van der Waals surface area contributed by atoms with Gasteiger partial charge in [0.15, 0.2) is 43.1 Å². The molecule has 20 nitrogen and oxygen atoms in total. The van der Waals surface area contributed by atoms with Crippen LogP contribution in [0.2, 0.25) is 0 Å². The van der Waals surface area contributed by atoms with E-state index in [9.17, 15) is 38.4 Å². The maximum atomic E-state index is 12.5. The van der Waals surface area contributed by atoms with Crippen LogP contribution in [0.3, 0.4) is 0 Å². The van der Waals surface area contributed by atoms with E-state index in [0.717, 1.165) is 48.5 Å². The third kappa shape index (κ3) is 15.4. The average molecular weight is 783 g/mol. The summed E-state index contributed by atoms with van der Waals surface area (Å²) in [7, 11) is 1.27. The Morgan fingerprint density at radius 2 is 0.925 bits per heavy atom. The Labute approximate surface area is 309 Å². The minimum Gasteiger partial charge on any atom is -0.469 e. The summed E-state index contributed by atoms with van der Waals surface area (Å²) in [5.74, 6) is -5.57. The molecule has 0 aromatic rings. The van der Waals surface area contributed by atoms with Crippen molar-refractivity contribution in [3.8, 4) is 0 Å². The van der Waals surface area contributed by atoms with E-state index in [1.54, 1.807) is 0 Å². The SMILES string of the molecule is COC(=O)CCSCCO[C@@H]1O[C@H](COC(C)=O)[C@H](O[C@H]2O[C@H](COC(C)=O)[C@H](OC(C)=O)[C@H](OC(C)=O)[C@H]2OC(C)=O)[C@H](OC(C)=O)[C@H]1OC(C)=O. The van der Waals surface area contributed by atoms with Crippen molar-refractivity contribution in [2.45, 2.75) is 116 Å². The molecule has 0 aromatic carbocycles. The van der Waals surface area contributed by atoms with E-state index in [4.69, 9.17) is 52.1 Å². The molecular formula is C32H46O20S. The zero-order valence-electron chi connectivity index (χ0n) is 30.6. The fourth-order valence-corrected chi connectivity index (χ4v) is 5.92. The summed E-state index contributed by atoms with van der Waals surface area (Å²) in [6, 6.07) is 0. The van der Waals surface area contributed by atoms with Gasteiger partial charge in [-0.1, -0.05) is 0 Å². The highest BCUT2D eigenvalue weighted by molar-refractivity contribution is 7.99. The van der Waals surface area contributed by atoms with Gasteiger partial charge < -0.3 is 56.8 Å². The van der Waals surface area contributed by atoms with Crippen molar-refractivity contribution in [1.82, 2.24) is 0 Å². The van der Waals surface area contributed by atoms with Gasteiger partial charge in [-0.2, -0.15) is 11.8 Å². The maximum absolute atomic E-state index is 12.5. The highest BCUT2D eigenvalue weighted by Crippen LogP contribution is 2.35. The van der Waals surface area contributed by atoms with E-state index in [1.165, 1.54) is 18.9 Å². The van der Waals surface area contributed by atoms with Crippen molar-refractivity contribution < 1.29 is 95.2 Å². The number of ether oxygens (including phenoxy) is 12. The summed E-state index contributed by atoms with van der Waals surface area (Å²) in [6.45, 7) is 6.30. The van der Waals surface area contributed by atoms with Crippen molar-refractivity contribution in [1.29, 1.82) is 0 Å². The Morgan fingerprint density at radius 1 is 0.509 bits per heavy atom. The lowest BCUT2D eigenvalue weighted by Crippen LogP contribution is -2.67. The predicted octanol–water partition coefficient (Wildman–Crippen LogP) is -0.0810. The van der Waals surface area contributed by atoms with E-state index in [0.29, 0.717) is 11.5 Å². The number of rotatable bonds is 18. The number of methoxy groups -OCH3 is 1. The zero-order chi connectivity index (χ0) is 39.8. The smallest absolute Gasteiger partial charge is 0.306 e. The summed E-state index contributed by atoms with van der Waals surface area (Å²) in [4.78, 5) is 96.9. The van der Waals surface area contributed by atoms with Crippen LogP contribution in [0.4, 0.5) is 0 Å². The minimum absolute atomic E-state index is 0.0213. The van der Waals surface area contributed by atoms with Crippen LogP contribution in [0.25, 0.3) is 0 Å². The van der Waals surface area contributed by atoms with Gasteiger partial charge >= 0.3 is 47.8 Å². The molecule has 2 aliphatic rings. The van der Waals surface area contributed by atoms with Gasteiger partial charge in [0.1, 0.15) is 31.5 Å². The fourth-order valence-electron chi connectivity index (χ4n) is 5.19. The molecule has 21 heteroatoms. The lowest BCUT2D eigenvalue weighted by Gasteiger charge is -2.48. The lowest BCUT2D eigenvalue weighted by molar-refractivity contribution is -0.360. The van der Waals surface area contributed by atoms with E-state index >= 15 is 0 Å². The molecule has 0 radical (unpaired) electrons. The van der Waals surface area contributed by atoms with Crippen LogP contribution < -0.4 is 0 Å². The zero-order valence-corrected chi connectivity index (χ0v) is 31.4. The molecule has 0 unspecified atom stereocenters. The molecule has 2 heterocycles. The number of thioether (sulfide) groups is 1. The molecule has 0 N–H and O–H groups in total. The topological polar surface area (TPSA) is 247 Å². The number of esters is 8. The highest BCUT2D eigenvalue weighted by atomic mass is 32.2. The molecule has 0 saturated carbocycles. The molecule has 53 heavy (non-hydrogen) atoms. The molecule has 0 aromatic heterocycles. The van der Waals surface area contributed by atoms with E-state index < -0.39 is 122 Å². The third-order valence-corrected chi connectivity index (χ3v) is 8.02. The summed E-state index contributed by atoms with van der Waals surface area (Å²) < 4.78 is 66.7. The van der Waals surface area contributed by atoms with Gasteiger partial charge in [0.05, 0.1) is 20.1 Å². The van der Waals surface area contributed by atoms with Crippen LogP contribution in [-0.2, 0) is 95.2 Å². The standard InChI is InChI=1S/C32H46O20S/c1-15(33)43-13-22-25(45-17(3)35)27(46-18(4)36)30(49-21(7)39)32(51-22)52-26-23(14-44-16(2)34)50-31(42-10-12-53-11-9-24(40)41-8)29(48-20(6)38)28(26)47-19(5)37/h22-23,25-32H,9-14H2,1-8H3/t22-,23-,25+,26+,27+,28+,29-,30-,31-,32-/m1/s1. The largest absolute Gasteiger partial charge is 0.469 e. The average Bonchev–Trinajstić information content (AvgIpc) is 3.04. The van der Waals surface area contributed by atoms with E-state index in [2.05, 4.69) is 4.74 Å². The number of hydrogen-bond acceptors (Lipinski definition) is 21. The van der Waals surface area contributed by atoms with Crippen LogP contribution in [0, 0.1) is 0 Å². The molecule has 2 fully saturated rings. The monoisotopic (exact) mass is 782 g/mol. The number of carbonyl (C=O) groups excluding carboxylic acids is 8. The first-order valence-corrected chi connectivity index (χ1v) is 17.4. The van der Waals surface area contributed by atoms with Gasteiger partial charge in [-0.15, -0.1) is 0 Å². The van der Waals surface area contributed by atoms with Gasteiger partial charge in [-0.05, 0) is 0 Å². The summed E-state index contributed by atoms with van der Waals surface area (Å²) >= 11 is 1.34. The predicted molar refractivity (Wildman–Crippen MR) is 173 cm³/mol. The first-order chi connectivity index (χ1) is 24.9. The second kappa shape index (κ2) is 22.2. The van der Waals surface area contributed by atoms with Crippen LogP contribution in [0.15, 0.2) is 0 Å². The van der Waals surface area contributed by atoms with E-state index in [1.807, 2.05) is 0 Å². The Balaban J connectivity index is 2.61. The van der Waals surface area contributed by atoms with Gasteiger partial charge in [-0.3, -0.25) is 38.4 Å². The third-order valence-electron chi connectivity index (χ3n) is 7.07. The summed E-state index contributed by atoms with van der Waals surface area (Å²) in [5.41, 5.74) is 0. The molecule has 0 aliphatic carbocycles. The Kier molecular flexibility index (Phi) is 18.9. The first kappa shape index (κ1) is 45.1. The van der Waals surface area contributed by atoms with Gasteiger partial charge in [0.2, 0.25) is 0 Å². The van der Waals surface area contributed by atoms with Gasteiger partial charge in [0.25, 0.3) is 0 Å². The molecule has 0 bridgehead atoms. The molecule has 0 amide bonds. The molecule has 2 rings (SSSR count). The summed E-state index contributed by atoms with van der Waals surface area (Å²) in [6.07, 6.45) is -15.4. The van der Waals surface area contributed by atoms with Crippen LogP contribution in [0.5, 0.6) is 0 Å². The summed E-state index contributed by atoms with van der Waals surface area (Å²) in [5, 5.41) is 0. The van der Waals surface area contributed by atoms with Crippen molar-refractivity contribution >= 4 is 59.5 Å². The van der Waals surface area contributed by atoms with Gasteiger partial charge in [-0.25, -0.2) is 0 Å². The van der Waals surface area contributed by atoms with Crippen LogP contribution in [0.1, 0.15) is 54.9 Å². The number of carbonyl (C=O) groups is 8. The van der Waals surface area contributed by atoms with Gasteiger partial charge in [0, 0.05) is 60.0 Å². The molecule has 10 atom stereocenters. The Bertz CT molecular complexity index is 1310. The number of hydrogen-bond donors (Lipinski definition) is 0.